The smallest absolute Gasteiger partial charge is 0.0726 e. The molecule has 2 N–H and O–H groups in total. The van der Waals surface area contributed by atoms with Crippen molar-refractivity contribution in [3.8, 4) is 0 Å². The summed E-state index contributed by atoms with van der Waals surface area (Å²) in [7, 11) is 0. The second-order valence-electron chi connectivity index (χ2n) is 1.11. The summed E-state index contributed by atoms with van der Waals surface area (Å²) in [6.45, 7) is 11.5. The van der Waals surface area contributed by atoms with Crippen LogP contribution in [0.15, 0.2) is 0 Å². The van der Waals surface area contributed by atoms with Crippen LogP contribution in [0.5, 0.6) is 0 Å². The van der Waals surface area contributed by atoms with E-state index in [-0.39, 0.29) is 0 Å². The molecule has 0 aromatic carbocycles. The van der Waals surface area contributed by atoms with E-state index < -0.39 is 0 Å². The predicted octanol–water partition coefficient (Wildman–Crippen LogP) is -0.314. The number of quaternary nitrogens is 1. The van der Waals surface area contributed by atoms with Crippen molar-refractivity contribution in [2.45, 2.75) is 13.8 Å². The summed E-state index contributed by atoms with van der Waals surface area (Å²) in [6.07, 6.45) is 0. The minimum Gasteiger partial charge on any atom is -0.512 e. The fourth-order valence-electron chi connectivity index (χ4n) is 0.289. The SMILES string of the molecule is CC[NH2+]CC.[C-]#N. The maximum Gasteiger partial charge on any atom is 0.0726 e. The third-order valence-corrected chi connectivity index (χ3v) is 0.577. The van der Waals surface area contributed by atoms with E-state index in [1.54, 1.807) is 0 Å². The number of hydrogen-bond acceptors (Lipinski definition) is 1. The van der Waals surface area contributed by atoms with Gasteiger partial charge in [-0.1, -0.05) is 0 Å². The highest BCUT2D eigenvalue weighted by Gasteiger charge is 1.67. The predicted molar refractivity (Wildman–Crippen MR) is 28.0 cm³/mol. The summed E-state index contributed by atoms with van der Waals surface area (Å²) in [4.78, 5) is 0. The Morgan fingerprint density at radius 3 is 1.57 bits per heavy atom. The van der Waals surface area contributed by atoms with Gasteiger partial charge in [-0.25, -0.2) is 0 Å². The molecule has 0 atom stereocenters. The van der Waals surface area contributed by atoms with E-state index in [9.17, 15) is 0 Å². The molecule has 0 unspecified atom stereocenters. The largest absolute Gasteiger partial charge is 0.512 e. The summed E-state index contributed by atoms with van der Waals surface area (Å²) < 4.78 is 0. The van der Waals surface area contributed by atoms with Gasteiger partial charge in [-0.3, -0.25) is 0 Å². The van der Waals surface area contributed by atoms with Crippen LogP contribution in [0.1, 0.15) is 13.8 Å². The van der Waals surface area contributed by atoms with Crippen LogP contribution in [0.4, 0.5) is 0 Å². The first-order valence-corrected chi connectivity index (χ1v) is 2.45. The first kappa shape index (κ1) is 9.67. The summed E-state index contributed by atoms with van der Waals surface area (Å²) in [6, 6.07) is 0. The fourth-order valence-corrected chi connectivity index (χ4v) is 0.289. The zero-order chi connectivity index (χ0) is 6.12. The molecule has 0 fully saturated rings. The zero-order valence-electron chi connectivity index (χ0n) is 4.94. The lowest BCUT2D eigenvalue weighted by Crippen LogP contribution is -2.82. The van der Waals surface area contributed by atoms with Crippen molar-refractivity contribution in [3.05, 3.63) is 6.57 Å². The monoisotopic (exact) mass is 100 g/mol. The average Bonchev–Trinajstić information content (AvgIpc) is 1.75. The van der Waals surface area contributed by atoms with Crippen LogP contribution in [0.2, 0.25) is 0 Å². The van der Waals surface area contributed by atoms with Crippen molar-refractivity contribution in [1.82, 2.24) is 0 Å². The molecule has 42 valence electrons. The number of nitrogens with two attached hydrogens (primary N) is 1. The van der Waals surface area contributed by atoms with Gasteiger partial charge in [-0.2, -0.15) is 0 Å². The van der Waals surface area contributed by atoms with E-state index in [1.807, 2.05) is 0 Å². The van der Waals surface area contributed by atoms with Crippen molar-refractivity contribution in [2.75, 3.05) is 13.1 Å². The van der Waals surface area contributed by atoms with E-state index in [0.29, 0.717) is 0 Å². The maximum atomic E-state index is 6.25. The summed E-state index contributed by atoms with van der Waals surface area (Å²) in [5.74, 6) is 0. The highest BCUT2D eigenvalue weighted by molar-refractivity contribution is 3.95. The molecule has 0 aliphatic rings. The van der Waals surface area contributed by atoms with Gasteiger partial charge in [-0.05, 0) is 13.8 Å². The highest BCUT2D eigenvalue weighted by atomic mass is 14.8. The van der Waals surface area contributed by atoms with Gasteiger partial charge in [0.15, 0.2) is 0 Å². The summed E-state index contributed by atoms with van der Waals surface area (Å²) >= 11 is 0. The minimum absolute atomic E-state index is 1.22. The molecule has 0 saturated carbocycles. The Kier molecular flexibility index (Phi) is 24.8. The van der Waals surface area contributed by atoms with E-state index in [4.69, 9.17) is 11.8 Å². The third-order valence-electron chi connectivity index (χ3n) is 0.577. The van der Waals surface area contributed by atoms with Crippen LogP contribution in [0.25, 0.3) is 0 Å². The molecule has 0 spiro atoms. The molecule has 0 amide bonds. The van der Waals surface area contributed by atoms with Crippen molar-refractivity contribution in [3.63, 3.8) is 0 Å². The summed E-state index contributed by atoms with van der Waals surface area (Å²) in [5, 5.41) is 8.50. The van der Waals surface area contributed by atoms with Crippen LogP contribution < -0.4 is 5.32 Å². The molecule has 0 bridgehead atoms. The van der Waals surface area contributed by atoms with Gasteiger partial charge < -0.3 is 17.2 Å². The van der Waals surface area contributed by atoms with Crippen LogP contribution >= 0.6 is 0 Å². The van der Waals surface area contributed by atoms with Gasteiger partial charge in [0.1, 0.15) is 0 Å². The second-order valence-corrected chi connectivity index (χ2v) is 1.11. The van der Waals surface area contributed by atoms with Crippen LogP contribution in [0, 0.1) is 11.8 Å². The highest BCUT2D eigenvalue weighted by Crippen LogP contribution is 1.29. The first-order valence-electron chi connectivity index (χ1n) is 2.45. The first-order chi connectivity index (χ1) is 3.41. The molecule has 0 aliphatic heterocycles. The van der Waals surface area contributed by atoms with Gasteiger partial charge in [0, 0.05) is 0 Å². The molecular formula is C5H12N2. The van der Waals surface area contributed by atoms with E-state index in [2.05, 4.69) is 19.2 Å². The number of hydrogen-bond donors (Lipinski definition) is 1. The molecule has 2 heteroatoms. The van der Waals surface area contributed by atoms with Crippen LogP contribution in [-0.4, -0.2) is 13.1 Å². The van der Waals surface area contributed by atoms with Gasteiger partial charge >= 0.3 is 0 Å². The van der Waals surface area contributed by atoms with Crippen molar-refractivity contribution in [1.29, 1.82) is 5.26 Å². The lowest BCUT2D eigenvalue weighted by atomic mass is 10.7. The lowest BCUT2D eigenvalue weighted by molar-refractivity contribution is -0.648. The molecule has 0 aromatic heterocycles. The fraction of sp³-hybridized carbons (Fsp3) is 0.800. The Balaban J connectivity index is 0. The van der Waals surface area contributed by atoms with Gasteiger partial charge in [0.2, 0.25) is 0 Å². The van der Waals surface area contributed by atoms with Gasteiger partial charge in [0.25, 0.3) is 0 Å². The number of rotatable bonds is 2. The Morgan fingerprint density at radius 2 is 1.57 bits per heavy atom. The minimum atomic E-state index is 1.22. The Bertz CT molecular complexity index is 30.3. The van der Waals surface area contributed by atoms with Crippen molar-refractivity contribution >= 4 is 0 Å². The zero-order valence-corrected chi connectivity index (χ0v) is 4.94. The van der Waals surface area contributed by atoms with Crippen molar-refractivity contribution in [2.24, 2.45) is 0 Å². The lowest BCUT2D eigenvalue weighted by Gasteiger charge is -1.83. The maximum absolute atomic E-state index is 6.25. The van der Waals surface area contributed by atoms with E-state index in [1.165, 1.54) is 13.1 Å². The molecule has 0 saturated heterocycles. The van der Waals surface area contributed by atoms with Crippen molar-refractivity contribution < 1.29 is 5.32 Å². The second kappa shape index (κ2) is 18.0. The average molecular weight is 100 g/mol. The standard InChI is InChI=1S/C4H11N.CN/c1-3-5-4-2;1-2/h5H,3-4H2,1-2H3;/q;-1/p+1. The topological polar surface area (TPSA) is 40.4 Å². The normalized spacial score (nSPS) is 6.29. The Labute approximate surface area is 45.1 Å². The van der Waals surface area contributed by atoms with Gasteiger partial charge in [-0.15, -0.1) is 0 Å². The molecule has 0 rings (SSSR count). The molecule has 0 aliphatic carbocycles. The molecule has 2 nitrogen and oxygen atoms in total. The Hall–Kier alpha value is -0.550. The molecular weight excluding hydrogens is 88.1 g/mol. The molecule has 7 heavy (non-hydrogen) atoms. The quantitative estimate of drug-likeness (QED) is 0.475. The van der Waals surface area contributed by atoms with E-state index >= 15 is 0 Å². The van der Waals surface area contributed by atoms with Crippen LogP contribution in [0.3, 0.4) is 0 Å². The molecule has 0 heterocycles. The van der Waals surface area contributed by atoms with Crippen LogP contribution in [-0.2, 0) is 0 Å². The number of nitrogens with zero attached hydrogens (tertiary/aromatic N) is 1. The summed E-state index contributed by atoms with van der Waals surface area (Å²) in [5.41, 5.74) is 0. The van der Waals surface area contributed by atoms with E-state index in [0.717, 1.165) is 0 Å². The van der Waals surface area contributed by atoms with Gasteiger partial charge in [0.05, 0.1) is 13.1 Å². The third kappa shape index (κ3) is 30.9. The molecule has 0 aromatic rings. The Morgan fingerprint density at radius 1 is 1.29 bits per heavy atom. The molecule has 0 radical (unpaired) electrons.